The van der Waals surface area contributed by atoms with Crippen LogP contribution < -0.4 is 0 Å². The molecule has 0 heterocycles. The zero-order valence-corrected chi connectivity index (χ0v) is 33.5. The molecule has 0 N–H and O–H groups in total. The lowest BCUT2D eigenvalue weighted by Gasteiger charge is -2.18. The smallest absolute Gasteiger partial charge is 0.306 e. The number of rotatable bonds is 36. The summed E-state index contributed by atoms with van der Waals surface area (Å²) in [5, 5.41) is 0. The van der Waals surface area contributed by atoms with E-state index in [9.17, 15) is 9.59 Å². The molecule has 294 valence electrons. The maximum absolute atomic E-state index is 12.5. The van der Waals surface area contributed by atoms with Crippen molar-refractivity contribution in [1.82, 2.24) is 0 Å². The molecule has 0 bridgehead atoms. The van der Waals surface area contributed by atoms with Crippen molar-refractivity contribution < 1.29 is 23.8 Å². The molecule has 1 atom stereocenters. The van der Waals surface area contributed by atoms with Gasteiger partial charge in [-0.3, -0.25) is 9.59 Å². The van der Waals surface area contributed by atoms with Crippen molar-refractivity contribution in [1.29, 1.82) is 0 Å². The Labute approximate surface area is 320 Å². The van der Waals surface area contributed by atoms with E-state index < -0.39 is 6.10 Å². The quantitative estimate of drug-likeness (QED) is 0.0366. The lowest BCUT2D eigenvalue weighted by Crippen LogP contribution is -2.30. The zero-order chi connectivity index (χ0) is 37.8. The Kier molecular flexibility index (Phi) is 39.7. The Balaban J connectivity index is 4.26. The molecule has 5 heteroatoms. The molecule has 0 fully saturated rings. The van der Waals surface area contributed by atoms with Crippen LogP contribution in [0.1, 0.15) is 162 Å². The summed E-state index contributed by atoms with van der Waals surface area (Å²) in [7, 11) is 0. The normalized spacial score (nSPS) is 13.2. The van der Waals surface area contributed by atoms with E-state index in [0.717, 1.165) is 103 Å². The van der Waals surface area contributed by atoms with Crippen molar-refractivity contribution in [2.75, 3.05) is 19.8 Å². The van der Waals surface area contributed by atoms with E-state index in [4.69, 9.17) is 14.2 Å². The minimum atomic E-state index is -0.582. The summed E-state index contributed by atoms with van der Waals surface area (Å²) < 4.78 is 17.0. The van der Waals surface area contributed by atoms with Crippen LogP contribution in [-0.4, -0.2) is 37.9 Å². The molecule has 0 saturated heterocycles. The summed E-state index contributed by atoms with van der Waals surface area (Å²) in [6.45, 7) is 7.27. The summed E-state index contributed by atoms with van der Waals surface area (Å²) in [5.41, 5.74) is 0. The van der Waals surface area contributed by atoms with Gasteiger partial charge in [0.25, 0.3) is 0 Å². The molecule has 0 rings (SSSR count). The molecular weight excluding hydrogens is 645 g/mol. The van der Waals surface area contributed by atoms with E-state index in [1.54, 1.807) is 0 Å². The van der Waals surface area contributed by atoms with Crippen LogP contribution in [0, 0.1) is 0 Å². The van der Waals surface area contributed by atoms with E-state index in [2.05, 4.69) is 118 Å². The third kappa shape index (κ3) is 39.6. The van der Waals surface area contributed by atoms with Gasteiger partial charge in [0, 0.05) is 12.8 Å². The first-order chi connectivity index (χ1) is 25.6. The Morgan fingerprint density at radius 2 is 0.865 bits per heavy atom. The Morgan fingerprint density at radius 3 is 1.38 bits per heavy atom. The third-order valence-electron chi connectivity index (χ3n) is 8.13. The topological polar surface area (TPSA) is 61.8 Å². The third-order valence-corrected chi connectivity index (χ3v) is 8.13. The van der Waals surface area contributed by atoms with Gasteiger partial charge in [-0.2, -0.15) is 0 Å². The number of unbranched alkanes of at least 4 members (excludes halogenated alkanes) is 9. The second-order valence-corrected chi connectivity index (χ2v) is 13.1. The van der Waals surface area contributed by atoms with E-state index in [1.807, 2.05) is 0 Å². The van der Waals surface area contributed by atoms with Gasteiger partial charge in [-0.25, -0.2) is 0 Å². The van der Waals surface area contributed by atoms with E-state index in [1.165, 1.54) is 25.7 Å². The highest BCUT2D eigenvalue weighted by Gasteiger charge is 2.17. The van der Waals surface area contributed by atoms with Crippen LogP contribution in [-0.2, 0) is 23.8 Å². The summed E-state index contributed by atoms with van der Waals surface area (Å²) in [6.07, 6.45) is 55.9. The zero-order valence-electron chi connectivity index (χ0n) is 33.5. The minimum Gasteiger partial charge on any atom is -0.462 e. The highest BCUT2D eigenvalue weighted by Crippen LogP contribution is 2.11. The van der Waals surface area contributed by atoms with Crippen LogP contribution in [0.15, 0.2) is 97.2 Å². The fourth-order valence-electron chi connectivity index (χ4n) is 5.12. The average molecular weight is 721 g/mol. The first kappa shape index (κ1) is 48.8. The highest BCUT2D eigenvalue weighted by atomic mass is 16.6. The predicted molar refractivity (Wildman–Crippen MR) is 223 cm³/mol. The first-order valence-corrected chi connectivity index (χ1v) is 20.8. The molecule has 0 amide bonds. The summed E-state index contributed by atoms with van der Waals surface area (Å²) in [4.78, 5) is 24.9. The average Bonchev–Trinajstić information content (AvgIpc) is 3.14. The Hall–Kier alpha value is -3.18. The van der Waals surface area contributed by atoms with Crippen molar-refractivity contribution in [3.63, 3.8) is 0 Å². The summed E-state index contributed by atoms with van der Waals surface area (Å²) in [6, 6.07) is 0. The molecule has 0 spiro atoms. The highest BCUT2D eigenvalue weighted by molar-refractivity contribution is 5.70. The number of ether oxygens (including phenoxy) is 3. The van der Waals surface area contributed by atoms with Gasteiger partial charge in [-0.05, 0) is 83.5 Å². The first-order valence-electron chi connectivity index (χ1n) is 20.8. The fourth-order valence-corrected chi connectivity index (χ4v) is 5.12. The molecule has 52 heavy (non-hydrogen) atoms. The van der Waals surface area contributed by atoms with E-state index in [0.29, 0.717) is 19.4 Å². The van der Waals surface area contributed by atoms with Crippen LogP contribution in [0.3, 0.4) is 0 Å². The molecule has 5 nitrogen and oxygen atoms in total. The largest absolute Gasteiger partial charge is 0.462 e. The van der Waals surface area contributed by atoms with Crippen molar-refractivity contribution in [3.8, 4) is 0 Å². The van der Waals surface area contributed by atoms with Crippen LogP contribution in [0.5, 0.6) is 0 Å². The maximum atomic E-state index is 12.5. The molecule has 0 aliphatic heterocycles. The molecular formula is C47H76O5. The van der Waals surface area contributed by atoms with Crippen LogP contribution in [0.25, 0.3) is 0 Å². The van der Waals surface area contributed by atoms with Gasteiger partial charge in [-0.1, -0.05) is 163 Å². The lowest BCUT2D eigenvalue weighted by atomic mass is 10.1. The monoisotopic (exact) mass is 721 g/mol. The second-order valence-electron chi connectivity index (χ2n) is 13.1. The van der Waals surface area contributed by atoms with Crippen molar-refractivity contribution >= 4 is 11.9 Å². The summed E-state index contributed by atoms with van der Waals surface area (Å²) in [5.74, 6) is -0.481. The number of allylic oxidation sites excluding steroid dienone is 15. The van der Waals surface area contributed by atoms with Gasteiger partial charge in [-0.15, -0.1) is 0 Å². The van der Waals surface area contributed by atoms with Gasteiger partial charge in [0.15, 0.2) is 6.10 Å². The number of hydrogen-bond acceptors (Lipinski definition) is 5. The molecule has 1 unspecified atom stereocenters. The molecule has 0 aromatic rings. The van der Waals surface area contributed by atoms with Gasteiger partial charge >= 0.3 is 11.9 Å². The van der Waals surface area contributed by atoms with Gasteiger partial charge in [0.05, 0.1) is 13.2 Å². The van der Waals surface area contributed by atoms with E-state index in [-0.39, 0.29) is 25.2 Å². The minimum absolute atomic E-state index is 0.0407. The van der Waals surface area contributed by atoms with Gasteiger partial charge in [0.2, 0.25) is 0 Å². The van der Waals surface area contributed by atoms with Gasteiger partial charge in [0.1, 0.15) is 6.61 Å². The summed E-state index contributed by atoms with van der Waals surface area (Å²) >= 11 is 0. The number of hydrogen-bond donors (Lipinski definition) is 0. The molecule has 0 aromatic carbocycles. The number of carbonyl (C=O) groups excluding carboxylic acids is 2. The van der Waals surface area contributed by atoms with E-state index >= 15 is 0 Å². The predicted octanol–water partition coefficient (Wildman–Crippen LogP) is 13.5. The Bertz CT molecular complexity index is 1040. The second kappa shape index (κ2) is 42.2. The lowest BCUT2D eigenvalue weighted by molar-refractivity contribution is -0.162. The number of esters is 2. The van der Waals surface area contributed by atoms with Gasteiger partial charge < -0.3 is 14.2 Å². The SMILES string of the molecule is CC/C=C\C/C=C\C/C=C\C/C=C\C/C=C\CCOCC(COC(=O)CCCCCCC/C=C\C/C=C\C/C=C\CC)OC(=O)CCCCCCC. The van der Waals surface area contributed by atoms with Crippen LogP contribution in [0.4, 0.5) is 0 Å². The van der Waals surface area contributed by atoms with Crippen LogP contribution >= 0.6 is 0 Å². The molecule has 0 aliphatic rings. The standard InChI is InChI=1S/C47H76O5/c1-4-7-10-13-15-17-19-21-23-25-27-29-31-33-36-39-42-50-43-45(52-47(49)41-38-34-12-9-6-3)44-51-46(48)40-37-35-32-30-28-26-24-22-20-18-16-14-11-8-5-2/h7-8,10-11,15-18,21-24,27,29,33,36,45H,4-6,9,12-14,19-20,25-26,28,30-32,34-35,37-44H2,1-3H3/b10-7-,11-8-,17-15-,18-16-,23-21-,24-22-,29-27-,36-33-. The molecule has 0 aliphatic carbocycles. The Morgan fingerprint density at radius 1 is 0.442 bits per heavy atom. The van der Waals surface area contributed by atoms with Crippen LogP contribution in [0.2, 0.25) is 0 Å². The molecule has 0 saturated carbocycles. The van der Waals surface area contributed by atoms with Crippen molar-refractivity contribution in [3.05, 3.63) is 97.2 Å². The molecule has 0 radical (unpaired) electrons. The molecule has 0 aromatic heterocycles. The van der Waals surface area contributed by atoms with Crippen molar-refractivity contribution in [2.24, 2.45) is 0 Å². The maximum Gasteiger partial charge on any atom is 0.306 e. The number of carbonyl (C=O) groups is 2. The van der Waals surface area contributed by atoms with Crippen molar-refractivity contribution in [2.45, 2.75) is 168 Å². The fraction of sp³-hybridized carbons (Fsp3) is 0.617.